The van der Waals surface area contributed by atoms with Crippen LogP contribution < -0.4 is 0 Å². The maximum Gasteiger partial charge on any atom is 0.189 e. The molecule has 0 bridgehead atoms. The van der Waals surface area contributed by atoms with Gasteiger partial charge in [0.05, 0.1) is 39.8 Å². The minimum Gasteiger partial charge on any atom is -0.455 e. The summed E-state index contributed by atoms with van der Waals surface area (Å²) >= 11 is 0. The lowest BCUT2D eigenvalue weighted by atomic mass is 10.0. The van der Waals surface area contributed by atoms with Crippen LogP contribution in [0.2, 0.25) is 0 Å². The summed E-state index contributed by atoms with van der Waals surface area (Å²) in [6.45, 7) is 7.58. The number of hydrogen-bond donors (Lipinski definition) is 0. The van der Waals surface area contributed by atoms with Crippen LogP contribution in [0, 0.1) is 17.9 Å². The molecule has 5 heteroatoms. The van der Waals surface area contributed by atoms with E-state index >= 15 is 0 Å². The third kappa shape index (κ3) is 3.85. The van der Waals surface area contributed by atoms with Crippen LogP contribution in [0.5, 0.6) is 0 Å². The Balaban J connectivity index is 1.10. The number of aromatic nitrogens is 2. The van der Waals surface area contributed by atoms with Crippen molar-refractivity contribution in [1.29, 1.82) is 5.26 Å². The van der Waals surface area contributed by atoms with Gasteiger partial charge in [0.25, 0.3) is 0 Å². The van der Waals surface area contributed by atoms with E-state index in [9.17, 15) is 5.26 Å². The molecule has 0 atom stereocenters. The molecule has 0 fully saturated rings. The molecule has 0 unspecified atom stereocenters. The second-order valence-corrected chi connectivity index (χ2v) is 12.3. The largest absolute Gasteiger partial charge is 0.455 e. The Kier molecular flexibility index (Phi) is 5.64. The lowest BCUT2D eigenvalue weighted by molar-refractivity contribution is 0.673. The summed E-state index contributed by atoms with van der Waals surface area (Å²) in [7, 11) is 0. The standard InChI is InChI=1S/C44H24N4O/c1-46-30-17-20-33-32-8-2-5-11-38(32)48(41(33)25-30)37-22-16-28(24-29(37)26-45)27-14-18-31(19-15-27)47-39-12-6-3-10-36(39)43-40(47)23-21-35-34-9-4-7-13-42(34)49-44(35)43/h2-25H. The second kappa shape index (κ2) is 10.2. The van der Waals surface area contributed by atoms with Gasteiger partial charge in [-0.3, -0.25) is 0 Å². The topological polar surface area (TPSA) is 51.1 Å². The quantitative estimate of drug-likeness (QED) is 0.184. The molecule has 3 heterocycles. The van der Waals surface area contributed by atoms with Crippen molar-refractivity contribution in [3.05, 3.63) is 163 Å². The van der Waals surface area contributed by atoms with Gasteiger partial charge in [0.15, 0.2) is 5.69 Å². The van der Waals surface area contributed by atoms with Gasteiger partial charge < -0.3 is 13.6 Å². The van der Waals surface area contributed by atoms with Crippen molar-refractivity contribution in [1.82, 2.24) is 9.13 Å². The molecule has 0 saturated heterocycles. The minimum atomic E-state index is 0.565. The van der Waals surface area contributed by atoms with Crippen LogP contribution in [0.1, 0.15) is 5.56 Å². The summed E-state index contributed by atoms with van der Waals surface area (Å²) in [5.41, 5.74) is 10.8. The van der Waals surface area contributed by atoms with Crippen molar-refractivity contribution < 1.29 is 4.42 Å². The number of para-hydroxylation sites is 3. The summed E-state index contributed by atoms with van der Waals surface area (Å²) in [6, 6.07) is 52.0. The molecular formula is C44H24N4O. The Morgan fingerprint density at radius 1 is 0.551 bits per heavy atom. The highest BCUT2D eigenvalue weighted by atomic mass is 16.3. The van der Waals surface area contributed by atoms with Gasteiger partial charge in [-0.15, -0.1) is 0 Å². The molecule has 0 aliphatic carbocycles. The summed E-state index contributed by atoms with van der Waals surface area (Å²) in [5.74, 6) is 0. The van der Waals surface area contributed by atoms with E-state index in [4.69, 9.17) is 11.0 Å². The molecule has 3 aromatic heterocycles. The zero-order valence-corrected chi connectivity index (χ0v) is 26.1. The fraction of sp³-hybridized carbons (Fsp3) is 0. The van der Waals surface area contributed by atoms with E-state index in [2.05, 4.69) is 111 Å². The van der Waals surface area contributed by atoms with Gasteiger partial charge in [-0.1, -0.05) is 84.9 Å². The van der Waals surface area contributed by atoms with E-state index in [1.54, 1.807) is 0 Å². The molecule has 226 valence electrons. The smallest absolute Gasteiger partial charge is 0.189 e. The Morgan fingerprint density at radius 3 is 2.02 bits per heavy atom. The summed E-state index contributed by atoms with van der Waals surface area (Å²) in [5, 5.41) is 17.0. The Hall–Kier alpha value is -7.08. The van der Waals surface area contributed by atoms with Gasteiger partial charge in [-0.05, 0) is 71.8 Å². The van der Waals surface area contributed by atoms with Gasteiger partial charge in [0, 0.05) is 38.1 Å². The molecule has 49 heavy (non-hydrogen) atoms. The highest BCUT2D eigenvalue weighted by Gasteiger charge is 2.19. The number of nitriles is 1. The van der Waals surface area contributed by atoms with Crippen LogP contribution in [0.25, 0.3) is 92.9 Å². The van der Waals surface area contributed by atoms with Crippen molar-refractivity contribution in [2.24, 2.45) is 0 Å². The average Bonchev–Trinajstić information content (AvgIpc) is 3.82. The molecule has 5 nitrogen and oxygen atoms in total. The fourth-order valence-corrected chi connectivity index (χ4v) is 7.60. The summed E-state index contributed by atoms with van der Waals surface area (Å²) in [6.07, 6.45) is 0. The highest BCUT2D eigenvalue weighted by molar-refractivity contribution is 6.23. The van der Waals surface area contributed by atoms with Crippen LogP contribution in [-0.2, 0) is 0 Å². The lowest BCUT2D eigenvalue weighted by Gasteiger charge is -2.13. The number of benzene rings is 7. The minimum absolute atomic E-state index is 0.565. The van der Waals surface area contributed by atoms with Gasteiger partial charge >= 0.3 is 0 Å². The van der Waals surface area contributed by atoms with Crippen LogP contribution in [0.4, 0.5) is 5.69 Å². The summed E-state index contributed by atoms with van der Waals surface area (Å²) < 4.78 is 10.9. The molecule has 0 N–H and O–H groups in total. The molecule has 0 saturated carbocycles. The predicted octanol–water partition coefficient (Wildman–Crippen LogP) is 11.9. The number of hydrogen-bond acceptors (Lipinski definition) is 2. The Labute approximate surface area is 280 Å². The number of rotatable bonds is 3. The first-order valence-electron chi connectivity index (χ1n) is 16.1. The molecule has 0 aliphatic heterocycles. The van der Waals surface area contributed by atoms with E-state index < -0.39 is 0 Å². The molecule has 10 rings (SSSR count). The first-order valence-corrected chi connectivity index (χ1v) is 16.1. The average molecular weight is 625 g/mol. The van der Waals surface area contributed by atoms with E-state index in [-0.39, 0.29) is 0 Å². The molecule has 0 radical (unpaired) electrons. The van der Waals surface area contributed by atoms with Crippen LogP contribution in [-0.4, -0.2) is 9.13 Å². The highest BCUT2D eigenvalue weighted by Crippen LogP contribution is 2.41. The van der Waals surface area contributed by atoms with Crippen molar-refractivity contribution in [3.8, 4) is 28.6 Å². The molecule has 0 spiro atoms. The molecule has 0 amide bonds. The third-order valence-electron chi connectivity index (χ3n) is 9.78. The molecule has 10 aromatic rings. The van der Waals surface area contributed by atoms with Crippen molar-refractivity contribution in [2.45, 2.75) is 0 Å². The predicted molar refractivity (Wildman–Crippen MR) is 199 cm³/mol. The second-order valence-electron chi connectivity index (χ2n) is 12.3. The first-order chi connectivity index (χ1) is 24.2. The molecular weight excluding hydrogens is 601 g/mol. The zero-order valence-electron chi connectivity index (χ0n) is 26.1. The monoisotopic (exact) mass is 624 g/mol. The van der Waals surface area contributed by atoms with Gasteiger partial charge in [0.2, 0.25) is 0 Å². The number of fused-ring (bicyclic) bond motifs is 10. The van der Waals surface area contributed by atoms with Crippen molar-refractivity contribution in [3.63, 3.8) is 0 Å². The molecule has 7 aromatic carbocycles. The lowest BCUT2D eigenvalue weighted by Crippen LogP contribution is -1.98. The van der Waals surface area contributed by atoms with Gasteiger partial charge in [-0.2, -0.15) is 5.26 Å². The van der Waals surface area contributed by atoms with Crippen molar-refractivity contribution in [2.75, 3.05) is 0 Å². The van der Waals surface area contributed by atoms with E-state index in [1.807, 2.05) is 54.6 Å². The Bertz CT molecular complexity index is 3070. The van der Waals surface area contributed by atoms with Crippen LogP contribution in [0.15, 0.2) is 150 Å². The maximum atomic E-state index is 10.4. The van der Waals surface area contributed by atoms with E-state index in [1.165, 1.54) is 0 Å². The maximum absolute atomic E-state index is 10.4. The van der Waals surface area contributed by atoms with Crippen LogP contribution >= 0.6 is 0 Å². The number of nitrogens with zero attached hydrogens (tertiary/aromatic N) is 4. The van der Waals surface area contributed by atoms with E-state index in [0.29, 0.717) is 11.3 Å². The van der Waals surface area contributed by atoms with Crippen LogP contribution in [0.3, 0.4) is 0 Å². The molecule has 0 aliphatic rings. The SMILES string of the molecule is [C-]#[N+]c1ccc2c3ccccc3n(-c3ccc(-c4ccc(-n5c6ccccc6c6c7oc8ccccc8c7ccc65)cc4)cc3C#N)c2c1. The van der Waals surface area contributed by atoms with Gasteiger partial charge in [-0.25, -0.2) is 4.85 Å². The number of furan rings is 1. The van der Waals surface area contributed by atoms with E-state index in [0.717, 1.165) is 88.1 Å². The fourth-order valence-electron chi connectivity index (χ4n) is 7.60. The van der Waals surface area contributed by atoms with Gasteiger partial charge in [0.1, 0.15) is 17.2 Å². The third-order valence-corrected chi connectivity index (χ3v) is 9.78. The normalized spacial score (nSPS) is 11.6. The van der Waals surface area contributed by atoms with Crippen molar-refractivity contribution >= 4 is 71.2 Å². The first kappa shape index (κ1) is 27.1. The summed E-state index contributed by atoms with van der Waals surface area (Å²) in [4.78, 5) is 3.67. The zero-order chi connectivity index (χ0) is 32.6. The Morgan fingerprint density at radius 2 is 1.22 bits per heavy atom.